The topological polar surface area (TPSA) is 68.5 Å². The maximum absolute atomic E-state index is 12.3. The van der Waals surface area contributed by atoms with Crippen LogP contribution in [0.25, 0.3) is 0 Å². The summed E-state index contributed by atoms with van der Waals surface area (Å²) in [5, 5.41) is 2.75. The monoisotopic (exact) mass is 321 g/mol. The minimum absolute atomic E-state index is 0.0366. The molecule has 0 aliphatic heterocycles. The Morgan fingerprint density at radius 1 is 1.23 bits per heavy atom. The average molecular weight is 321 g/mol. The lowest BCUT2D eigenvalue weighted by Gasteiger charge is -2.05. The van der Waals surface area contributed by atoms with Crippen LogP contribution in [0, 0.1) is 0 Å². The second-order valence-electron chi connectivity index (χ2n) is 5.06. The summed E-state index contributed by atoms with van der Waals surface area (Å²) >= 11 is 0. The van der Waals surface area contributed by atoms with E-state index in [4.69, 9.17) is 9.15 Å². The first-order valence-electron chi connectivity index (χ1n) is 6.91. The Kier molecular flexibility index (Phi) is 5.38. The van der Waals surface area contributed by atoms with Crippen molar-refractivity contribution in [3.8, 4) is 5.75 Å². The minimum Gasteiger partial charge on any atom is -0.497 e. The van der Waals surface area contributed by atoms with Gasteiger partial charge >= 0.3 is 0 Å². The first kappa shape index (κ1) is 16.3. The Morgan fingerprint density at radius 3 is 2.50 bits per heavy atom. The highest BCUT2D eigenvalue weighted by Crippen LogP contribution is 2.18. The molecule has 2 rings (SSSR count). The Balaban J connectivity index is 2.02. The zero-order valence-electron chi connectivity index (χ0n) is 12.8. The molecule has 1 atom stereocenters. The zero-order valence-corrected chi connectivity index (χ0v) is 13.6. The van der Waals surface area contributed by atoms with Crippen molar-refractivity contribution in [3.05, 3.63) is 47.9 Å². The van der Waals surface area contributed by atoms with Crippen LogP contribution in [0.5, 0.6) is 5.75 Å². The molecule has 22 heavy (non-hydrogen) atoms. The third-order valence-corrected chi connectivity index (χ3v) is 4.25. The van der Waals surface area contributed by atoms with E-state index in [-0.39, 0.29) is 23.5 Å². The highest BCUT2D eigenvalue weighted by atomic mass is 32.2. The third kappa shape index (κ3) is 4.21. The van der Waals surface area contributed by atoms with Crippen LogP contribution in [-0.4, -0.2) is 23.3 Å². The molecule has 1 aromatic heterocycles. The van der Waals surface area contributed by atoms with Crippen molar-refractivity contribution in [2.24, 2.45) is 0 Å². The van der Waals surface area contributed by atoms with Crippen LogP contribution in [0.3, 0.4) is 0 Å². The molecule has 1 heterocycles. The molecule has 0 fully saturated rings. The van der Waals surface area contributed by atoms with Gasteiger partial charge in [-0.25, -0.2) is 0 Å². The lowest BCUT2D eigenvalue weighted by Crippen LogP contribution is -2.29. The van der Waals surface area contributed by atoms with Crippen LogP contribution >= 0.6 is 0 Å². The van der Waals surface area contributed by atoms with Crippen molar-refractivity contribution in [1.82, 2.24) is 5.32 Å². The van der Waals surface area contributed by atoms with Crippen LogP contribution in [0.4, 0.5) is 0 Å². The van der Waals surface area contributed by atoms with Gasteiger partial charge < -0.3 is 14.5 Å². The number of nitrogens with one attached hydrogen (secondary N) is 1. The quantitative estimate of drug-likeness (QED) is 0.888. The van der Waals surface area contributed by atoms with Crippen LogP contribution < -0.4 is 10.1 Å². The largest absolute Gasteiger partial charge is 0.497 e. The summed E-state index contributed by atoms with van der Waals surface area (Å²) in [4.78, 5) is 12.5. The second kappa shape index (κ2) is 7.26. The molecule has 6 heteroatoms. The van der Waals surface area contributed by atoms with Gasteiger partial charge in [0.2, 0.25) is 0 Å². The fourth-order valence-electron chi connectivity index (χ4n) is 1.85. The number of hydrogen-bond donors (Lipinski definition) is 1. The van der Waals surface area contributed by atoms with E-state index in [1.807, 2.05) is 13.8 Å². The van der Waals surface area contributed by atoms with Crippen LogP contribution in [0.1, 0.15) is 30.2 Å². The number of carbonyl (C=O) groups excluding carboxylic acids is 1. The van der Waals surface area contributed by atoms with Crippen LogP contribution in [0.2, 0.25) is 0 Å². The number of benzene rings is 1. The maximum atomic E-state index is 12.3. The number of methoxy groups -OCH3 is 1. The van der Waals surface area contributed by atoms with E-state index < -0.39 is 10.8 Å². The number of carbonyl (C=O) groups is 1. The SMILES string of the molecule is COc1ccc([S@](=O)Cc2ccc(C(=O)NC(C)C)o2)cc1. The van der Waals surface area contributed by atoms with Crippen molar-refractivity contribution in [2.75, 3.05) is 7.11 Å². The lowest BCUT2D eigenvalue weighted by molar-refractivity contribution is 0.0913. The molecule has 5 nitrogen and oxygen atoms in total. The summed E-state index contributed by atoms with van der Waals surface area (Å²) in [5.74, 6) is 1.42. The van der Waals surface area contributed by atoms with Gasteiger partial charge in [-0.3, -0.25) is 9.00 Å². The van der Waals surface area contributed by atoms with Gasteiger partial charge in [-0.2, -0.15) is 0 Å². The van der Waals surface area contributed by atoms with Crippen LogP contribution in [0.15, 0.2) is 45.7 Å². The van der Waals surface area contributed by atoms with E-state index in [1.165, 1.54) is 0 Å². The van der Waals surface area contributed by atoms with Gasteiger partial charge in [-0.15, -0.1) is 0 Å². The van der Waals surface area contributed by atoms with Crippen molar-refractivity contribution in [1.29, 1.82) is 0 Å². The third-order valence-electron chi connectivity index (χ3n) is 2.90. The molecular formula is C16H19NO4S. The summed E-state index contributed by atoms with van der Waals surface area (Å²) < 4.78 is 22.8. The first-order valence-corrected chi connectivity index (χ1v) is 8.23. The summed E-state index contributed by atoms with van der Waals surface area (Å²) in [5.41, 5.74) is 0. The lowest BCUT2D eigenvalue weighted by atomic mass is 10.3. The molecule has 1 amide bonds. The Hall–Kier alpha value is -2.08. The normalized spacial score (nSPS) is 12.2. The van der Waals surface area contributed by atoms with Gasteiger partial charge in [0.1, 0.15) is 11.5 Å². The van der Waals surface area contributed by atoms with Gasteiger partial charge in [-0.1, -0.05) is 0 Å². The molecular weight excluding hydrogens is 302 g/mol. The van der Waals surface area contributed by atoms with Crippen LogP contribution in [-0.2, 0) is 16.6 Å². The van der Waals surface area contributed by atoms with Gasteiger partial charge in [0.25, 0.3) is 5.91 Å². The molecule has 0 saturated carbocycles. The highest BCUT2D eigenvalue weighted by molar-refractivity contribution is 7.84. The van der Waals surface area contributed by atoms with E-state index >= 15 is 0 Å². The first-order chi connectivity index (χ1) is 10.5. The Labute approximate surface area is 132 Å². The maximum Gasteiger partial charge on any atom is 0.287 e. The molecule has 0 bridgehead atoms. The molecule has 0 spiro atoms. The number of hydrogen-bond acceptors (Lipinski definition) is 4. The Morgan fingerprint density at radius 2 is 1.91 bits per heavy atom. The summed E-state index contributed by atoms with van der Waals surface area (Å²) in [6.45, 7) is 3.75. The number of ether oxygens (including phenoxy) is 1. The summed E-state index contributed by atoms with van der Waals surface area (Å²) in [7, 11) is 0.346. The van der Waals surface area contributed by atoms with E-state index in [0.29, 0.717) is 16.4 Å². The number of furan rings is 1. The molecule has 0 aliphatic carbocycles. The molecule has 0 radical (unpaired) electrons. The predicted molar refractivity (Wildman–Crippen MR) is 84.4 cm³/mol. The van der Waals surface area contributed by atoms with E-state index in [0.717, 1.165) is 0 Å². The smallest absolute Gasteiger partial charge is 0.287 e. The van der Waals surface area contributed by atoms with Crippen molar-refractivity contribution >= 4 is 16.7 Å². The molecule has 2 aromatic rings. The molecule has 0 unspecified atom stereocenters. The summed E-state index contributed by atoms with van der Waals surface area (Å²) in [6, 6.07) is 10.3. The summed E-state index contributed by atoms with van der Waals surface area (Å²) in [6.07, 6.45) is 0. The molecule has 1 aromatic carbocycles. The van der Waals surface area contributed by atoms with Crippen molar-refractivity contribution in [3.63, 3.8) is 0 Å². The fraction of sp³-hybridized carbons (Fsp3) is 0.312. The Bertz CT molecular complexity index is 661. The number of rotatable bonds is 6. The van der Waals surface area contributed by atoms with Gasteiger partial charge in [0, 0.05) is 10.9 Å². The predicted octanol–water partition coefficient (Wildman–Crippen LogP) is 2.73. The molecule has 0 aliphatic rings. The molecule has 1 N–H and O–H groups in total. The molecule has 0 saturated heterocycles. The van der Waals surface area contributed by atoms with E-state index in [2.05, 4.69) is 5.32 Å². The fourth-order valence-corrected chi connectivity index (χ4v) is 2.87. The average Bonchev–Trinajstić information content (AvgIpc) is 2.95. The zero-order chi connectivity index (χ0) is 16.1. The number of amides is 1. The van der Waals surface area contributed by atoms with Gasteiger partial charge in [0.05, 0.1) is 23.7 Å². The molecule has 118 valence electrons. The van der Waals surface area contributed by atoms with Crippen molar-refractivity contribution < 1.29 is 18.2 Å². The standard InChI is InChI=1S/C16H19NO4S/c1-11(2)17-16(18)15-9-6-13(21-15)10-22(19)14-7-4-12(20-3)5-8-14/h4-9,11H,10H2,1-3H3,(H,17,18)/t22-/m1/s1. The second-order valence-corrected chi connectivity index (χ2v) is 6.51. The van der Waals surface area contributed by atoms with Gasteiger partial charge in [-0.05, 0) is 50.2 Å². The minimum atomic E-state index is -1.24. The van der Waals surface area contributed by atoms with E-state index in [1.54, 1.807) is 43.5 Å². The van der Waals surface area contributed by atoms with E-state index in [9.17, 15) is 9.00 Å². The van der Waals surface area contributed by atoms with Gasteiger partial charge in [0.15, 0.2) is 5.76 Å². The van der Waals surface area contributed by atoms with Crippen molar-refractivity contribution in [2.45, 2.75) is 30.5 Å². The highest BCUT2D eigenvalue weighted by Gasteiger charge is 2.14.